The third kappa shape index (κ3) is 14.9. The largest absolute Gasteiger partial charge is 1.00 e. The summed E-state index contributed by atoms with van der Waals surface area (Å²) >= 11 is -3.75. The Kier molecular flexibility index (Phi) is 22.1. The molecule has 0 saturated carbocycles. The van der Waals surface area contributed by atoms with Gasteiger partial charge in [0.15, 0.2) is 0 Å². The second-order valence-corrected chi connectivity index (χ2v) is 25.1. The number of allylic oxidation sites excluding steroid dienone is 24. The van der Waals surface area contributed by atoms with Crippen molar-refractivity contribution in [3.05, 3.63) is 132 Å². The van der Waals surface area contributed by atoms with Crippen LogP contribution in [0.25, 0.3) is 0 Å². The van der Waals surface area contributed by atoms with Gasteiger partial charge in [-0.2, -0.15) is 0 Å². The van der Waals surface area contributed by atoms with E-state index in [1.54, 1.807) is 22.2 Å². The second kappa shape index (κ2) is 25.4. The Labute approximate surface area is 325 Å². The standard InChI is InChI=1S/C8H17O.6C5H5.C4H9O.ClH.Hf.2Ti.H/c1-3-5-6-8(4-2)7-9;6*1-2-4-5-3-1;1-2-3-4-5;;;;;/h8H,3-7H2,1-2H3;6*1-3H,4H2;2-4H2,1H3;1H;;;;/q-1;;;;;;;-1;;3*+2;-1/p-1. The average Bonchev–Trinajstić information content (AvgIpc) is 3.93. The van der Waals surface area contributed by atoms with E-state index < -0.39 is 59.4 Å². The Morgan fingerprint density at radius 1 is 0.583 bits per heavy atom. The number of hydrogen-bond donors (Lipinski definition) is 0. The molecule has 2 nitrogen and oxygen atoms in total. The molecule has 0 aromatic heterocycles. The molecule has 0 aromatic rings. The maximum absolute atomic E-state index is 6.51. The fraction of sp³-hybridized carbons (Fsp3) is 0.429. The van der Waals surface area contributed by atoms with Gasteiger partial charge in [0, 0.05) is 0 Å². The molecule has 1 atom stereocenters. The van der Waals surface area contributed by atoms with E-state index in [0.717, 1.165) is 44.8 Å². The summed E-state index contributed by atoms with van der Waals surface area (Å²) in [6, 6.07) is 0. The van der Waals surface area contributed by atoms with Crippen LogP contribution in [0, 0.1) is 5.92 Å². The Morgan fingerprint density at radius 2 is 1.00 bits per heavy atom. The molecule has 0 radical (unpaired) electrons. The van der Waals surface area contributed by atoms with Crippen molar-refractivity contribution in [2.75, 3.05) is 13.2 Å². The summed E-state index contributed by atoms with van der Waals surface area (Å²) in [5, 5.41) is 0. The van der Waals surface area contributed by atoms with Gasteiger partial charge in [-0.25, -0.2) is 0 Å². The SMILES string of the molecule is C1=CC[C]([Hf+2][C]2=CC=CC2)=C1.CCCCC(CC)C[O][Ti+]([C]1=CC=CC1)[C]1=CC=CC1.CCCC[O][Ti+]([C]1=CC=CC1)[C]1=CC=CC1.[Cl-].[H-]. The minimum absolute atomic E-state index is 0. The molecule has 48 heavy (non-hydrogen) atoms. The number of rotatable bonds is 17. The minimum atomic E-state index is -1.66. The van der Waals surface area contributed by atoms with E-state index in [9.17, 15) is 0 Å². The smallest absolute Gasteiger partial charge is 1.00 e. The fourth-order valence-corrected chi connectivity index (χ4v) is 17.4. The molecule has 0 fully saturated rings. The van der Waals surface area contributed by atoms with Crippen LogP contribution in [0.1, 0.15) is 99.2 Å². The molecule has 0 aliphatic heterocycles. The van der Waals surface area contributed by atoms with Gasteiger partial charge in [0.05, 0.1) is 0 Å². The zero-order valence-corrected chi connectivity index (χ0v) is 37.0. The summed E-state index contributed by atoms with van der Waals surface area (Å²) in [5.74, 6) is 0.752. The predicted molar refractivity (Wildman–Crippen MR) is 192 cm³/mol. The van der Waals surface area contributed by atoms with Gasteiger partial charge in [0.25, 0.3) is 0 Å². The van der Waals surface area contributed by atoms with Crippen LogP contribution in [0.3, 0.4) is 0 Å². The van der Waals surface area contributed by atoms with Crippen LogP contribution in [-0.4, -0.2) is 13.2 Å². The molecule has 6 rings (SSSR count). The maximum atomic E-state index is 6.51. The van der Waals surface area contributed by atoms with E-state index in [2.05, 4.69) is 130 Å². The van der Waals surface area contributed by atoms with Gasteiger partial charge in [0.2, 0.25) is 0 Å². The van der Waals surface area contributed by atoms with Crippen LogP contribution in [0.2, 0.25) is 0 Å². The molecular formula is C42H57ClHfO2Ti2+2. The van der Waals surface area contributed by atoms with Crippen molar-refractivity contribution >= 4 is 0 Å². The average molecular weight is 904 g/mol. The van der Waals surface area contributed by atoms with Crippen molar-refractivity contribution in [2.45, 2.75) is 97.8 Å². The second-order valence-electron chi connectivity index (χ2n) is 12.7. The number of hydrogen-bond acceptors (Lipinski definition) is 2. The van der Waals surface area contributed by atoms with Crippen LogP contribution in [0.5, 0.6) is 0 Å². The molecule has 254 valence electrons. The van der Waals surface area contributed by atoms with Crippen molar-refractivity contribution in [3.63, 3.8) is 0 Å². The van der Waals surface area contributed by atoms with Crippen molar-refractivity contribution in [1.29, 1.82) is 0 Å². The first-order valence-electron chi connectivity index (χ1n) is 18.1. The van der Waals surface area contributed by atoms with Gasteiger partial charge in [-0.3, -0.25) is 0 Å². The molecule has 1 unspecified atom stereocenters. The summed E-state index contributed by atoms with van der Waals surface area (Å²) in [7, 11) is 0. The minimum Gasteiger partial charge on any atom is -1.00 e. The van der Waals surface area contributed by atoms with Crippen LogP contribution >= 0.6 is 0 Å². The van der Waals surface area contributed by atoms with Crippen LogP contribution < -0.4 is 12.4 Å². The Hall–Kier alpha value is -0.611. The van der Waals surface area contributed by atoms with Crippen molar-refractivity contribution in [3.8, 4) is 0 Å². The van der Waals surface area contributed by atoms with E-state index in [1.165, 1.54) is 51.4 Å². The van der Waals surface area contributed by atoms with Gasteiger partial charge >= 0.3 is 315 Å². The zero-order chi connectivity index (χ0) is 32.9. The number of unbranched alkanes of at least 4 members (excludes halogenated alkanes) is 2. The van der Waals surface area contributed by atoms with Crippen LogP contribution in [-0.2, 0) is 66.1 Å². The van der Waals surface area contributed by atoms with E-state index in [4.69, 9.17) is 6.64 Å². The van der Waals surface area contributed by atoms with E-state index >= 15 is 0 Å². The molecule has 0 aromatic carbocycles. The van der Waals surface area contributed by atoms with Crippen LogP contribution in [0.4, 0.5) is 0 Å². The summed E-state index contributed by atoms with van der Waals surface area (Å²) in [6.07, 6.45) is 55.1. The molecule has 0 N–H and O–H groups in total. The zero-order valence-electron chi connectivity index (χ0n) is 30.6. The van der Waals surface area contributed by atoms with Crippen LogP contribution in [0.15, 0.2) is 132 Å². The molecule has 0 spiro atoms. The molecule has 6 aliphatic carbocycles. The summed E-state index contributed by atoms with van der Waals surface area (Å²) in [5.41, 5.74) is 0. The van der Waals surface area contributed by atoms with Gasteiger partial charge in [-0.15, -0.1) is 0 Å². The Bertz CT molecular complexity index is 1290. The first-order chi connectivity index (χ1) is 23.2. The molecule has 6 aliphatic rings. The summed E-state index contributed by atoms with van der Waals surface area (Å²) in [4.78, 5) is 0. The van der Waals surface area contributed by atoms with Crippen molar-refractivity contribution < 1.29 is 79.9 Å². The van der Waals surface area contributed by atoms with Gasteiger partial charge in [-0.1, -0.05) is 0 Å². The Morgan fingerprint density at radius 3 is 1.35 bits per heavy atom. The monoisotopic (exact) mass is 904 g/mol. The van der Waals surface area contributed by atoms with Crippen molar-refractivity contribution in [1.82, 2.24) is 0 Å². The van der Waals surface area contributed by atoms with Crippen molar-refractivity contribution in [2.24, 2.45) is 5.92 Å². The molecular weight excluding hydrogens is 846 g/mol. The van der Waals surface area contributed by atoms with E-state index in [-0.39, 0.29) is 13.8 Å². The maximum Gasteiger partial charge on any atom is -1.00 e. The fourth-order valence-electron chi connectivity index (χ4n) is 5.95. The van der Waals surface area contributed by atoms with E-state index in [1.807, 2.05) is 0 Å². The van der Waals surface area contributed by atoms with Gasteiger partial charge < -0.3 is 13.8 Å². The summed E-state index contributed by atoms with van der Waals surface area (Å²) in [6.45, 7) is 8.71. The normalized spacial score (nSPS) is 18.1. The molecule has 6 heteroatoms. The molecule has 0 heterocycles. The molecule has 0 saturated heterocycles. The third-order valence-corrected chi connectivity index (χ3v) is 21.3. The first-order valence-corrected chi connectivity index (χ1v) is 26.1. The third-order valence-electron chi connectivity index (χ3n) is 8.87. The molecule has 0 bridgehead atoms. The van der Waals surface area contributed by atoms with Gasteiger partial charge in [-0.05, 0) is 0 Å². The topological polar surface area (TPSA) is 18.5 Å². The predicted octanol–water partition coefficient (Wildman–Crippen LogP) is 9.34. The first kappa shape index (κ1) is 41.8. The quantitative estimate of drug-likeness (QED) is 0.107. The van der Waals surface area contributed by atoms with Gasteiger partial charge in [0.1, 0.15) is 0 Å². The summed E-state index contributed by atoms with van der Waals surface area (Å²) < 4.78 is 22.5. The Balaban J connectivity index is 0.000000259. The van der Waals surface area contributed by atoms with E-state index in [0.29, 0.717) is 0 Å². The molecule has 0 amide bonds. The number of halogens is 1.